The van der Waals surface area contributed by atoms with Crippen LogP contribution in [0.3, 0.4) is 0 Å². The van der Waals surface area contributed by atoms with E-state index < -0.39 is 21.0 Å². The van der Waals surface area contributed by atoms with E-state index in [-0.39, 0.29) is 22.2 Å². The zero-order chi connectivity index (χ0) is 21.0. The van der Waals surface area contributed by atoms with Gasteiger partial charge in [-0.2, -0.15) is 8.42 Å². The van der Waals surface area contributed by atoms with E-state index >= 15 is 0 Å². The van der Waals surface area contributed by atoms with E-state index in [0.29, 0.717) is 5.69 Å². The van der Waals surface area contributed by atoms with E-state index in [9.17, 15) is 17.8 Å². The van der Waals surface area contributed by atoms with Crippen LogP contribution < -0.4 is 15.4 Å². The highest BCUT2D eigenvalue weighted by atomic mass is 35.5. The van der Waals surface area contributed by atoms with Crippen LogP contribution >= 0.6 is 11.6 Å². The molecule has 0 aliphatic heterocycles. The van der Waals surface area contributed by atoms with Crippen LogP contribution in [0.4, 0.5) is 16.2 Å². The van der Waals surface area contributed by atoms with Crippen LogP contribution in [0.15, 0.2) is 71.6 Å². The van der Waals surface area contributed by atoms with Crippen LogP contribution in [0.5, 0.6) is 11.5 Å². The van der Waals surface area contributed by atoms with Crippen molar-refractivity contribution in [2.24, 2.45) is 0 Å². The molecule has 0 atom stereocenters. The predicted octanol–water partition coefficient (Wildman–Crippen LogP) is 5.33. The Hall–Kier alpha value is -3.07. The second-order valence-corrected chi connectivity index (χ2v) is 7.91. The fourth-order valence-corrected chi connectivity index (χ4v) is 3.35. The smallest absolute Gasteiger partial charge is 0.323 e. The number of hydrogen-bond donors (Lipinski definition) is 3. The number of rotatable bonds is 5. The van der Waals surface area contributed by atoms with Crippen molar-refractivity contribution < 1.29 is 22.5 Å². The van der Waals surface area contributed by atoms with Crippen molar-refractivity contribution in [2.45, 2.75) is 11.8 Å². The second kappa shape index (κ2) is 8.52. The summed E-state index contributed by atoms with van der Waals surface area (Å²) in [5, 5.41) is 5.43. The van der Waals surface area contributed by atoms with Crippen LogP contribution in [0.25, 0.3) is 0 Å². The Kier molecular flexibility index (Phi) is 6.07. The van der Waals surface area contributed by atoms with Gasteiger partial charge in [0.05, 0.1) is 5.02 Å². The summed E-state index contributed by atoms with van der Waals surface area (Å²) in [7, 11) is -4.63. The first kappa shape index (κ1) is 20.7. The van der Waals surface area contributed by atoms with Crippen molar-refractivity contribution in [1.82, 2.24) is 0 Å². The van der Waals surface area contributed by atoms with Crippen LogP contribution in [0.2, 0.25) is 5.02 Å². The molecule has 29 heavy (non-hydrogen) atoms. The zero-order valence-corrected chi connectivity index (χ0v) is 16.8. The molecule has 3 aromatic rings. The normalized spacial score (nSPS) is 11.0. The molecule has 9 heteroatoms. The average molecular weight is 433 g/mol. The highest BCUT2D eigenvalue weighted by molar-refractivity contribution is 7.86. The molecule has 7 nitrogen and oxygen atoms in total. The highest BCUT2D eigenvalue weighted by Crippen LogP contribution is 2.34. The molecule has 0 heterocycles. The number of aryl methyl sites for hydroxylation is 1. The van der Waals surface area contributed by atoms with Crippen LogP contribution in [0, 0.1) is 6.92 Å². The molecule has 0 fully saturated rings. The third kappa shape index (κ3) is 5.47. The summed E-state index contributed by atoms with van der Waals surface area (Å²) >= 11 is 6.03. The number of carbonyl (C=O) groups is 1. The third-order valence-electron chi connectivity index (χ3n) is 3.81. The minimum absolute atomic E-state index is 0.134. The molecule has 0 aromatic heterocycles. The third-order valence-corrected chi connectivity index (χ3v) is 5.00. The molecule has 3 rings (SSSR count). The first-order valence-corrected chi connectivity index (χ1v) is 10.2. The quantitative estimate of drug-likeness (QED) is 0.472. The lowest BCUT2D eigenvalue weighted by Crippen LogP contribution is -2.19. The van der Waals surface area contributed by atoms with Gasteiger partial charge in [0.25, 0.3) is 10.1 Å². The molecule has 0 aliphatic carbocycles. The molecule has 0 saturated carbocycles. The summed E-state index contributed by atoms with van der Waals surface area (Å²) in [6, 6.07) is 17.0. The maximum absolute atomic E-state index is 12.2. The molecular formula is C20H17ClN2O5S. The summed E-state index contributed by atoms with van der Waals surface area (Å²) in [4.78, 5) is 11.7. The van der Waals surface area contributed by atoms with Crippen LogP contribution in [-0.2, 0) is 10.1 Å². The van der Waals surface area contributed by atoms with E-state index in [2.05, 4.69) is 10.6 Å². The van der Waals surface area contributed by atoms with Gasteiger partial charge in [0, 0.05) is 11.4 Å². The predicted molar refractivity (Wildman–Crippen MR) is 112 cm³/mol. The topological polar surface area (TPSA) is 105 Å². The first-order valence-electron chi connectivity index (χ1n) is 8.41. The summed E-state index contributed by atoms with van der Waals surface area (Å²) in [5.41, 5.74) is 1.70. The maximum atomic E-state index is 12.2. The number of anilines is 2. The largest absolute Gasteiger partial charge is 0.454 e. The number of halogens is 1. The minimum atomic E-state index is -4.63. The average Bonchev–Trinajstić information content (AvgIpc) is 2.64. The van der Waals surface area contributed by atoms with Gasteiger partial charge in [-0.15, -0.1) is 0 Å². The lowest BCUT2D eigenvalue weighted by atomic mass is 10.2. The van der Waals surface area contributed by atoms with E-state index in [1.54, 1.807) is 42.5 Å². The van der Waals surface area contributed by atoms with Crippen molar-refractivity contribution in [3.05, 3.63) is 77.3 Å². The highest BCUT2D eigenvalue weighted by Gasteiger charge is 2.19. The lowest BCUT2D eigenvalue weighted by molar-refractivity contribution is 0.262. The standard InChI is InChI=1S/C20H17ClN2O5S/c1-13-5-4-6-14(11-13)22-20(24)23-15-9-10-18(19(12-15)29(25,26)27)28-17-8-3-2-7-16(17)21/h2-12H,1H3,(H2,22,23,24)(H,25,26,27). The van der Waals surface area contributed by atoms with Crippen molar-refractivity contribution >= 4 is 39.1 Å². The molecule has 0 unspecified atom stereocenters. The fraction of sp³-hybridized carbons (Fsp3) is 0.0500. The molecule has 3 aromatic carbocycles. The van der Waals surface area contributed by atoms with Gasteiger partial charge >= 0.3 is 6.03 Å². The van der Waals surface area contributed by atoms with Crippen LogP contribution in [-0.4, -0.2) is 19.0 Å². The lowest BCUT2D eigenvalue weighted by Gasteiger charge is -2.13. The summed E-state index contributed by atoms with van der Waals surface area (Å²) in [6.07, 6.45) is 0. The van der Waals surface area contributed by atoms with Gasteiger partial charge in [0.1, 0.15) is 16.4 Å². The Bertz CT molecular complexity index is 1170. The molecule has 0 spiro atoms. The van der Waals surface area contributed by atoms with Crippen molar-refractivity contribution in [1.29, 1.82) is 0 Å². The van der Waals surface area contributed by atoms with Crippen molar-refractivity contribution in [2.75, 3.05) is 10.6 Å². The number of benzene rings is 3. The van der Waals surface area contributed by atoms with Gasteiger partial charge < -0.3 is 15.4 Å². The van der Waals surface area contributed by atoms with Gasteiger partial charge in [-0.1, -0.05) is 35.9 Å². The molecule has 2 amide bonds. The monoisotopic (exact) mass is 432 g/mol. The Morgan fingerprint density at radius 2 is 1.62 bits per heavy atom. The number of carbonyl (C=O) groups excluding carboxylic acids is 1. The number of hydrogen-bond acceptors (Lipinski definition) is 4. The molecule has 0 aliphatic rings. The second-order valence-electron chi connectivity index (χ2n) is 6.12. The Labute approximate surface area is 173 Å². The van der Waals surface area contributed by atoms with Gasteiger partial charge in [-0.25, -0.2) is 4.79 Å². The molecule has 0 bridgehead atoms. The fourth-order valence-electron chi connectivity index (χ4n) is 2.53. The number of ether oxygens (including phenoxy) is 1. The SMILES string of the molecule is Cc1cccc(NC(=O)Nc2ccc(Oc3ccccc3Cl)c(S(=O)(=O)O)c2)c1. The van der Waals surface area contributed by atoms with E-state index in [1.807, 2.05) is 13.0 Å². The van der Waals surface area contributed by atoms with E-state index in [0.717, 1.165) is 11.6 Å². The molecular weight excluding hydrogens is 416 g/mol. The first-order chi connectivity index (χ1) is 13.7. The minimum Gasteiger partial charge on any atom is -0.454 e. The van der Waals surface area contributed by atoms with E-state index in [1.165, 1.54) is 12.1 Å². The molecule has 150 valence electrons. The molecule has 0 saturated heterocycles. The Morgan fingerprint density at radius 1 is 0.931 bits per heavy atom. The zero-order valence-electron chi connectivity index (χ0n) is 15.2. The summed E-state index contributed by atoms with van der Waals surface area (Å²) in [6.45, 7) is 1.89. The summed E-state index contributed by atoms with van der Waals surface area (Å²) in [5.74, 6) is 0.0854. The number of para-hydroxylation sites is 1. The maximum Gasteiger partial charge on any atom is 0.323 e. The van der Waals surface area contributed by atoms with Crippen molar-refractivity contribution in [3.8, 4) is 11.5 Å². The van der Waals surface area contributed by atoms with Gasteiger partial charge in [0.2, 0.25) is 0 Å². The number of nitrogens with one attached hydrogen (secondary N) is 2. The number of amides is 2. The Balaban J connectivity index is 1.84. The van der Waals surface area contributed by atoms with E-state index in [4.69, 9.17) is 16.3 Å². The van der Waals surface area contributed by atoms with Gasteiger partial charge in [-0.05, 0) is 55.0 Å². The van der Waals surface area contributed by atoms with Gasteiger partial charge in [-0.3, -0.25) is 4.55 Å². The number of urea groups is 1. The van der Waals surface area contributed by atoms with Crippen LogP contribution in [0.1, 0.15) is 5.56 Å². The summed E-state index contributed by atoms with van der Waals surface area (Å²) < 4.78 is 38.7. The Morgan fingerprint density at radius 3 is 2.28 bits per heavy atom. The molecule has 0 radical (unpaired) electrons. The van der Waals surface area contributed by atoms with Gasteiger partial charge in [0.15, 0.2) is 0 Å². The van der Waals surface area contributed by atoms with Crippen molar-refractivity contribution in [3.63, 3.8) is 0 Å². The molecule has 3 N–H and O–H groups in total.